The van der Waals surface area contributed by atoms with Crippen molar-refractivity contribution in [2.75, 3.05) is 13.1 Å². The van der Waals surface area contributed by atoms with Gasteiger partial charge >= 0.3 is 0 Å². The highest BCUT2D eigenvalue weighted by Crippen LogP contribution is 2.33. The van der Waals surface area contributed by atoms with Crippen LogP contribution in [0, 0.1) is 0 Å². The van der Waals surface area contributed by atoms with Crippen molar-refractivity contribution in [1.82, 2.24) is 20.0 Å². The Bertz CT molecular complexity index is 829. The van der Waals surface area contributed by atoms with Crippen LogP contribution in [-0.2, 0) is 6.54 Å². The molecule has 2 aromatic rings. The van der Waals surface area contributed by atoms with Gasteiger partial charge in [-0.3, -0.25) is 14.3 Å². The highest BCUT2D eigenvalue weighted by molar-refractivity contribution is 6.06. The van der Waals surface area contributed by atoms with E-state index in [0.29, 0.717) is 30.9 Å². The first-order valence-corrected chi connectivity index (χ1v) is 8.59. The first-order valence-electron chi connectivity index (χ1n) is 8.59. The highest BCUT2D eigenvalue weighted by Gasteiger charge is 2.33. The minimum absolute atomic E-state index is 0.101. The smallest absolute Gasteiger partial charge is 0.270 e. The van der Waals surface area contributed by atoms with E-state index < -0.39 is 0 Å². The fourth-order valence-electron chi connectivity index (χ4n) is 3.72. The SMILES string of the molecule is O=C1NCCn2ncc(C(=O)N3CCCCC3c3cccc(O)c3)c21. The third-order valence-electron chi connectivity index (χ3n) is 4.91. The third kappa shape index (κ3) is 2.75. The van der Waals surface area contributed by atoms with Crippen LogP contribution in [0.1, 0.15) is 51.7 Å². The molecule has 1 saturated heterocycles. The van der Waals surface area contributed by atoms with Gasteiger partial charge in [0.25, 0.3) is 11.8 Å². The molecule has 2 aliphatic rings. The zero-order valence-electron chi connectivity index (χ0n) is 13.8. The van der Waals surface area contributed by atoms with Crippen molar-refractivity contribution in [3.05, 3.63) is 47.3 Å². The van der Waals surface area contributed by atoms with Crippen LogP contribution in [0.4, 0.5) is 0 Å². The van der Waals surface area contributed by atoms with Crippen LogP contribution in [-0.4, -0.2) is 44.7 Å². The molecule has 2 amide bonds. The van der Waals surface area contributed by atoms with E-state index in [4.69, 9.17) is 0 Å². The normalized spacial score (nSPS) is 20.1. The van der Waals surface area contributed by atoms with Gasteiger partial charge in [0.05, 0.1) is 24.3 Å². The molecule has 130 valence electrons. The molecule has 1 atom stereocenters. The summed E-state index contributed by atoms with van der Waals surface area (Å²) >= 11 is 0. The quantitative estimate of drug-likeness (QED) is 0.871. The Labute approximate surface area is 145 Å². The second-order valence-electron chi connectivity index (χ2n) is 6.49. The molecule has 1 unspecified atom stereocenters. The van der Waals surface area contributed by atoms with Crippen LogP contribution in [0.25, 0.3) is 0 Å². The van der Waals surface area contributed by atoms with Gasteiger partial charge in [0.15, 0.2) is 0 Å². The van der Waals surface area contributed by atoms with Gasteiger partial charge in [-0.05, 0) is 37.0 Å². The summed E-state index contributed by atoms with van der Waals surface area (Å²) in [6.07, 6.45) is 4.29. The van der Waals surface area contributed by atoms with Gasteiger partial charge in [0.2, 0.25) is 0 Å². The van der Waals surface area contributed by atoms with Crippen LogP contribution >= 0.6 is 0 Å². The zero-order valence-corrected chi connectivity index (χ0v) is 13.8. The first-order chi connectivity index (χ1) is 12.1. The lowest BCUT2D eigenvalue weighted by Crippen LogP contribution is -2.41. The van der Waals surface area contributed by atoms with E-state index in [1.807, 2.05) is 6.07 Å². The van der Waals surface area contributed by atoms with Gasteiger partial charge in [0, 0.05) is 13.1 Å². The number of aromatic hydroxyl groups is 1. The molecule has 7 nitrogen and oxygen atoms in total. The van der Waals surface area contributed by atoms with Gasteiger partial charge in [0.1, 0.15) is 11.4 Å². The molecule has 1 fully saturated rings. The largest absolute Gasteiger partial charge is 0.508 e. The number of benzene rings is 1. The lowest BCUT2D eigenvalue weighted by molar-refractivity contribution is 0.0606. The first kappa shape index (κ1) is 15.7. The van der Waals surface area contributed by atoms with Gasteiger partial charge in [-0.2, -0.15) is 5.10 Å². The van der Waals surface area contributed by atoms with Crippen molar-refractivity contribution in [2.45, 2.75) is 31.8 Å². The van der Waals surface area contributed by atoms with Gasteiger partial charge in [-0.15, -0.1) is 0 Å². The predicted molar refractivity (Wildman–Crippen MR) is 90.3 cm³/mol. The number of carbonyl (C=O) groups excluding carboxylic acids is 2. The van der Waals surface area contributed by atoms with E-state index in [0.717, 1.165) is 24.8 Å². The zero-order chi connectivity index (χ0) is 17.4. The molecule has 0 radical (unpaired) electrons. The number of hydrogen-bond acceptors (Lipinski definition) is 4. The van der Waals surface area contributed by atoms with Crippen LogP contribution in [0.5, 0.6) is 5.75 Å². The van der Waals surface area contributed by atoms with Gasteiger partial charge in [-0.25, -0.2) is 0 Å². The highest BCUT2D eigenvalue weighted by atomic mass is 16.3. The molecule has 3 heterocycles. The van der Waals surface area contributed by atoms with Crippen molar-refractivity contribution >= 4 is 11.8 Å². The van der Waals surface area contributed by atoms with Crippen LogP contribution < -0.4 is 5.32 Å². The number of hydrogen-bond donors (Lipinski definition) is 2. The van der Waals surface area contributed by atoms with Crippen molar-refractivity contribution in [1.29, 1.82) is 0 Å². The number of amides is 2. The molecular formula is C18H20N4O3. The average molecular weight is 340 g/mol. The van der Waals surface area contributed by atoms with Crippen molar-refractivity contribution < 1.29 is 14.7 Å². The van der Waals surface area contributed by atoms with E-state index in [2.05, 4.69) is 10.4 Å². The molecule has 7 heteroatoms. The monoisotopic (exact) mass is 340 g/mol. The summed E-state index contributed by atoms with van der Waals surface area (Å²) < 4.78 is 1.60. The van der Waals surface area contributed by atoms with Crippen LogP contribution in [0.2, 0.25) is 0 Å². The summed E-state index contributed by atoms with van der Waals surface area (Å²) in [6, 6.07) is 6.94. The topological polar surface area (TPSA) is 87.5 Å². The summed E-state index contributed by atoms with van der Waals surface area (Å²) in [6.45, 7) is 1.73. The maximum absolute atomic E-state index is 13.2. The maximum Gasteiger partial charge on any atom is 0.270 e. The second kappa shape index (κ2) is 6.23. The minimum Gasteiger partial charge on any atom is -0.508 e. The Morgan fingerprint density at radius 2 is 2.16 bits per heavy atom. The summed E-state index contributed by atoms with van der Waals surface area (Å²) in [5.74, 6) is -0.234. The summed E-state index contributed by atoms with van der Waals surface area (Å²) in [5, 5.41) is 16.7. The van der Waals surface area contributed by atoms with Crippen molar-refractivity contribution in [3.63, 3.8) is 0 Å². The lowest BCUT2D eigenvalue weighted by atomic mass is 9.94. The Kier molecular flexibility index (Phi) is 3.91. The fraction of sp³-hybridized carbons (Fsp3) is 0.389. The number of phenols is 1. The molecular weight excluding hydrogens is 320 g/mol. The van der Waals surface area contributed by atoms with E-state index in [-0.39, 0.29) is 23.6 Å². The maximum atomic E-state index is 13.2. The Balaban J connectivity index is 1.68. The van der Waals surface area contributed by atoms with E-state index in [1.165, 1.54) is 6.20 Å². The molecule has 4 rings (SSSR count). The fourth-order valence-corrected chi connectivity index (χ4v) is 3.72. The number of likely N-dealkylation sites (tertiary alicyclic amines) is 1. The van der Waals surface area contributed by atoms with Gasteiger partial charge in [-0.1, -0.05) is 12.1 Å². The number of piperidine rings is 1. The summed E-state index contributed by atoms with van der Waals surface area (Å²) in [5.41, 5.74) is 1.61. The number of aromatic nitrogens is 2. The lowest BCUT2D eigenvalue weighted by Gasteiger charge is -2.36. The Morgan fingerprint density at radius 3 is 3.00 bits per heavy atom. The second-order valence-corrected chi connectivity index (χ2v) is 6.49. The molecule has 2 aliphatic heterocycles. The predicted octanol–water partition coefficient (Wildman–Crippen LogP) is 1.70. The number of nitrogens with zero attached hydrogens (tertiary/aromatic N) is 3. The third-order valence-corrected chi connectivity index (χ3v) is 4.91. The number of phenolic OH excluding ortho intramolecular Hbond substituents is 1. The van der Waals surface area contributed by atoms with E-state index in [1.54, 1.807) is 27.8 Å². The standard InChI is InChI=1S/C18H20N4O3/c23-13-5-3-4-12(10-13)15-6-1-2-8-21(15)18(25)14-11-20-22-9-7-19-17(24)16(14)22/h3-5,10-11,15,23H,1-2,6-9H2,(H,19,24). The van der Waals surface area contributed by atoms with Crippen molar-refractivity contribution in [3.8, 4) is 5.75 Å². The number of nitrogens with one attached hydrogen (secondary N) is 1. The Morgan fingerprint density at radius 1 is 1.28 bits per heavy atom. The molecule has 0 aliphatic carbocycles. The minimum atomic E-state index is -0.252. The molecule has 0 bridgehead atoms. The number of carbonyl (C=O) groups is 2. The van der Waals surface area contributed by atoms with Gasteiger partial charge < -0.3 is 15.3 Å². The number of fused-ring (bicyclic) bond motifs is 1. The summed E-state index contributed by atoms with van der Waals surface area (Å²) in [4.78, 5) is 27.2. The van der Waals surface area contributed by atoms with Crippen molar-refractivity contribution in [2.24, 2.45) is 0 Å². The molecule has 0 saturated carbocycles. The van der Waals surface area contributed by atoms with E-state index in [9.17, 15) is 14.7 Å². The summed E-state index contributed by atoms with van der Waals surface area (Å²) in [7, 11) is 0. The average Bonchev–Trinajstić information content (AvgIpc) is 3.07. The Hall–Kier alpha value is -2.83. The van der Waals surface area contributed by atoms with E-state index >= 15 is 0 Å². The number of rotatable bonds is 2. The van der Waals surface area contributed by atoms with Crippen LogP contribution in [0.15, 0.2) is 30.5 Å². The molecule has 0 spiro atoms. The van der Waals surface area contributed by atoms with Crippen LogP contribution in [0.3, 0.4) is 0 Å². The molecule has 25 heavy (non-hydrogen) atoms. The molecule has 1 aromatic heterocycles. The molecule has 1 aromatic carbocycles. The molecule has 2 N–H and O–H groups in total.